The summed E-state index contributed by atoms with van der Waals surface area (Å²) in [6.45, 7) is 8.41. The lowest BCUT2D eigenvalue weighted by Crippen LogP contribution is -2.11. The van der Waals surface area contributed by atoms with Gasteiger partial charge in [0.1, 0.15) is 11.1 Å². The van der Waals surface area contributed by atoms with E-state index in [-0.39, 0.29) is 6.10 Å². The van der Waals surface area contributed by atoms with Crippen molar-refractivity contribution in [3.63, 3.8) is 0 Å². The second-order valence-corrected chi connectivity index (χ2v) is 5.70. The van der Waals surface area contributed by atoms with E-state index in [9.17, 15) is 0 Å². The number of hydrogen-bond donors (Lipinski definition) is 0. The summed E-state index contributed by atoms with van der Waals surface area (Å²) in [5.41, 5.74) is 0.926. The number of thiazole rings is 1. The Bertz CT molecular complexity index is 331. The van der Waals surface area contributed by atoms with Crippen molar-refractivity contribution >= 4 is 22.9 Å². The van der Waals surface area contributed by atoms with Crippen molar-refractivity contribution in [3.05, 3.63) is 16.1 Å². The van der Waals surface area contributed by atoms with Crippen LogP contribution < -0.4 is 0 Å². The molecule has 0 N–H and O–H groups in total. The average Bonchev–Trinajstić information content (AvgIpc) is 2.82. The van der Waals surface area contributed by atoms with Crippen LogP contribution in [0.4, 0.5) is 0 Å². The first-order chi connectivity index (χ1) is 8.67. The van der Waals surface area contributed by atoms with Crippen LogP contribution in [-0.2, 0) is 15.4 Å². The summed E-state index contributed by atoms with van der Waals surface area (Å²) in [5.74, 6) is 1.03. The van der Waals surface area contributed by atoms with Gasteiger partial charge in [-0.05, 0) is 12.3 Å². The average molecular weight is 292 g/mol. The molecule has 1 atom stereocenters. The number of hydrogen-bond acceptors (Lipinski definition) is 4. The van der Waals surface area contributed by atoms with E-state index >= 15 is 0 Å². The van der Waals surface area contributed by atoms with Gasteiger partial charge in [-0.2, -0.15) is 0 Å². The molecule has 1 rings (SSSR count). The summed E-state index contributed by atoms with van der Waals surface area (Å²) in [7, 11) is 0. The molecule has 3 nitrogen and oxygen atoms in total. The highest BCUT2D eigenvalue weighted by Gasteiger charge is 2.14. The normalized spacial score (nSPS) is 13.2. The molecular formula is C13H22ClNO2S. The van der Waals surface area contributed by atoms with Crippen LogP contribution in [0.25, 0.3) is 0 Å². The van der Waals surface area contributed by atoms with Crippen LogP contribution in [0, 0.1) is 5.92 Å². The lowest BCUT2D eigenvalue weighted by Gasteiger charge is -2.14. The number of halogens is 1. The molecule has 0 radical (unpaired) electrons. The molecule has 0 fully saturated rings. The Morgan fingerprint density at radius 2 is 2.17 bits per heavy atom. The Morgan fingerprint density at radius 3 is 2.72 bits per heavy atom. The van der Waals surface area contributed by atoms with Gasteiger partial charge < -0.3 is 9.47 Å². The highest BCUT2D eigenvalue weighted by atomic mass is 35.5. The highest BCUT2D eigenvalue weighted by molar-refractivity contribution is 7.09. The van der Waals surface area contributed by atoms with Crippen molar-refractivity contribution in [3.8, 4) is 0 Å². The SMILES string of the molecule is CCC(OCCOCC(C)C)c1nc(CCl)cs1. The van der Waals surface area contributed by atoms with Gasteiger partial charge in [0.15, 0.2) is 0 Å². The number of nitrogens with zero attached hydrogens (tertiary/aromatic N) is 1. The monoisotopic (exact) mass is 291 g/mol. The van der Waals surface area contributed by atoms with Gasteiger partial charge in [-0.25, -0.2) is 4.98 Å². The third-order valence-corrected chi connectivity index (χ3v) is 3.61. The second-order valence-electron chi connectivity index (χ2n) is 4.55. The van der Waals surface area contributed by atoms with E-state index in [2.05, 4.69) is 25.8 Å². The molecule has 1 aromatic heterocycles. The van der Waals surface area contributed by atoms with Gasteiger partial charge in [0.05, 0.1) is 24.8 Å². The summed E-state index contributed by atoms with van der Waals surface area (Å²) in [5, 5.41) is 3.00. The first-order valence-corrected chi connectivity index (χ1v) is 7.78. The number of rotatable bonds is 9. The van der Waals surface area contributed by atoms with Gasteiger partial charge >= 0.3 is 0 Å². The molecule has 18 heavy (non-hydrogen) atoms. The third-order valence-electron chi connectivity index (χ3n) is 2.35. The molecule has 104 valence electrons. The maximum absolute atomic E-state index is 5.80. The molecular weight excluding hydrogens is 270 g/mol. The first-order valence-electron chi connectivity index (χ1n) is 6.37. The van der Waals surface area contributed by atoms with E-state index < -0.39 is 0 Å². The van der Waals surface area contributed by atoms with Gasteiger partial charge in [-0.15, -0.1) is 22.9 Å². The van der Waals surface area contributed by atoms with Crippen LogP contribution in [-0.4, -0.2) is 24.8 Å². The molecule has 0 bridgehead atoms. The molecule has 0 saturated carbocycles. The first kappa shape index (κ1) is 15.9. The number of alkyl halides is 1. The van der Waals surface area contributed by atoms with Crippen molar-refractivity contribution < 1.29 is 9.47 Å². The summed E-state index contributed by atoms with van der Waals surface area (Å²) in [6, 6.07) is 0. The fourth-order valence-corrected chi connectivity index (χ4v) is 2.64. The van der Waals surface area contributed by atoms with Crippen molar-refractivity contribution in [1.82, 2.24) is 4.98 Å². The van der Waals surface area contributed by atoms with Gasteiger partial charge in [0.2, 0.25) is 0 Å². The molecule has 0 aliphatic carbocycles. The molecule has 0 aromatic carbocycles. The Morgan fingerprint density at radius 1 is 1.39 bits per heavy atom. The third kappa shape index (κ3) is 5.65. The highest BCUT2D eigenvalue weighted by Crippen LogP contribution is 2.25. The molecule has 1 heterocycles. The molecule has 0 aliphatic heterocycles. The maximum Gasteiger partial charge on any atom is 0.122 e. The van der Waals surface area contributed by atoms with Crippen LogP contribution in [0.5, 0.6) is 0 Å². The second kappa shape index (κ2) is 8.86. The Balaban J connectivity index is 2.29. The topological polar surface area (TPSA) is 31.4 Å². The van der Waals surface area contributed by atoms with E-state index in [1.807, 2.05) is 5.38 Å². The Labute approximate surface area is 118 Å². The fourth-order valence-electron chi connectivity index (χ4n) is 1.46. The van der Waals surface area contributed by atoms with Crippen LogP contribution in [0.15, 0.2) is 5.38 Å². The summed E-state index contributed by atoms with van der Waals surface area (Å²) in [4.78, 5) is 4.45. The number of aromatic nitrogens is 1. The van der Waals surface area contributed by atoms with Crippen LogP contribution >= 0.6 is 22.9 Å². The standard InChI is InChI=1S/C13H22ClNO2S/c1-4-12(13-15-11(7-14)9-18-13)17-6-5-16-8-10(2)3/h9-10,12H,4-8H2,1-3H3. The predicted molar refractivity (Wildman–Crippen MR) is 76.3 cm³/mol. The smallest absolute Gasteiger partial charge is 0.122 e. The fraction of sp³-hybridized carbons (Fsp3) is 0.769. The van der Waals surface area contributed by atoms with Crippen molar-refractivity contribution in [2.24, 2.45) is 5.92 Å². The maximum atomic E-state index is 5.80. The van der Waals surface area contributed by atoms with Gasteiger partial charge in [-0.1, -0.05) is 20.8 Å². The minimum atomic E-state index is 0.0645. The van der Waals surface area contributed by atoms with E-state index in [1.54, 1.807) is 11.3 Å². The molecule has 0 amide bonds. The summed E-state index contributed by atoms with van der Waals surface area (Å²) < 4.78 is 11.3. The van der Waals surface area contributed by atoms with E-state index in [1.165, 1.54) is 0 Å². The lowest BCUT2D eigenvalue weighted by molar-refractivity contribution is -0.00321. The van der Waals surface area contributed by atoms with Gasteiger partial charge in [-0.3, -0.25) is 0 Å². The van der Waals surface area contributed by atoms with Gasteiger partial charge in [0, 0.05) is 12.0 Å². The summed E-state index contributed by atoms with van der Waals surface area (Å²) in [6.07, 6.45) is 0.981. The molecule has 1 unspecified atom stereocenters. The van der Waals surface area contributed by atoms with Gasteiger partial charge in [0.25, 0.3) is 0 Å². The zero-order valence-electron chi connectivity index (χ0n) is 11.3. The molecule has 0 spiro atoms. The minimum absolute atomic E-state index is 0.0645. The van der Waals surface area contributed by atoms with E-state index in [4.69, 9.17) is 21.1 Å². The quantitative estimate of drug-likeness (QED) is 0.509. The van der Waals surface area contributed by atoms with Crippen LogP contribution in [0.1, 0.15) is 44.0 Å². The largest absolute Gasteiger partial charge is 0.379 e. The summed E-state index contributed by atoms with van der Waals surface area (Å²) >= 11 is 7.36. The molecule has 5 heteroatoms. The molecule has 1 aromatic rings. The zero-order chi connectivity index (χ0) is 13.4. The number of ether oxygens (including phenoxy) is 2. The lowest BCUT2D eigenvalue weighted by atomic mass is 10.2. The predicted octanol–water partition coefficient (Wildman–Crippen LogP) is 4.02. The van der Waals surface area contributed by atoms with Crippen molar-refractivity contribution in [1.29, 1.82) is 0 Å². The van der Waals surface area contributed by atoms with Crippen LogP contribution in [0.2, 0.25) is 0 Å². The Hall–Kier alpha value is -0.160. The van der Waals surface area contributed by atoms with E-state index in [0.29, 0.717) is 25.0 Å². The Kier molecular flexibility index (Phi) is 7.82. The van der Waals surface area contributed by atoms with Crippen molar-refractivity contribution in [2.75, 3.05) is 19.8 Å². The van der Waals surface area contributed by atoms with Crippen LogP contribution in [0.3, 0.4) is 0 Å². The molecule has 0 aliphatic rings. The molecule has 0 saturated heterocycles. The van der Waals surface area contributed by atoms with Crippen molar-refractivity contribution in [2.45, 2.75) is 39.2 Å². The van der Waals surface area contributed by atoms with E-state index in [0.717, 1.165) is 23.7 Å². The minimum Gasteiger partial charge on any atom is -0.379 e. The zero-order valence-corrected chi connectivity index (χ0v) is 12.9.